The van der Waals surface area contributed by atoms with E-state index in [-0.39, 0.29) is 12.2 Å². The molecule has 4 heterocycles. The van der Waals surface area contributed by atoms with Crippen LogP contribution < -0.4 is 10.2 Å². The Morgan fingerprint density at radius 2 is 1.96 bits per heavy atom. The van der Waals surface area contributed by atoms with E-state index < -0.39 is 18.1 Å². The minimum absolute atomic E-state index is 0.224. The van der Waals surface area contributed by atoms with Crippen molar-refractivity contribution in [1.82, 2.24) is 24.8 Å². The highest BCUT2D eigenvalue weighted by atomic mass is 19.4. The van der Waals surface area contributed by atoms with Crippen LogP contribution in [0.5, 0.6) is 0 Å². The second-order valence-electron chi connectivity index (χ2n) is 6.57. The number of aliphatic hydroxyl groups is 1. The lowest BCUT2D eigenvalue weighted by molar-refractivity contribution is -0.147. The van der Waals surface area contributed by atoms with Crippen LogP contribution in [0.2, 0.25) is 0 Å². The maximum atomic E-state index is 13.3. The average molecular weight is 368 g/mol. The van der Waals surface area contributed by atoms with Crippen LogP contribution in [0.15, 0.2) is 12.4 Å². The Hall–Kier alpha value is -2.20. The van der Waals surface area contributed by atoms with Crippen LogP contribution in [0.3, 0.4) is 0 Å². The SMILES string of the molecule is OC1CCCN(c2ncc(-c3nc(C(F)(F)F)n4c3CNCC4)cn2)C1. The fraction of sp³-hybridized carbons (Fsp3) is 0.562. The first kappa shape index (κ1) is 17.2. The monoisotopic (exact) mass is 368 g/mol. The van der Waals surface area contributed by atoms with E-state index in [0.29, 0.717) is 36.8 Å². The predicted octanol–water partition coefficient (Wildman–Crippen LogP) is 1.42. The van der Waals surface area contributed by atoms with Crippen LogP contribution in [-0.2, 0) is 19.3 Å². The molecule has 2 N–H and O–H groups in total. The summed E-state index contributed by atoms with van der Waals surface area (Å²) in [6, 6.07) is 0. The molecular weight excluding hydrogens is 349 g/mol. The van der Waals surface area contributed by atoms with Gasteiger partial charge in [0.1, 0.15) is 0 Å². The summed E-state index contributed by atoms with van der Waals surface area (Å²) in [5, 5.41) is 12.8. The molecule has 1 unspecified atom stereocenters. The number of nitrogens with zero attached hydrogens (tertiary/aromatic N) is 5. The maximum Gasteiger partial charge on any atom is 0.449 e. The van der Waals surface area contributed by atoms with Crippen LogP contribution in [0, 0.1) is 0 Å². The Morgan fingerprint density at radius 1 is 1.19 bits per heavy atom. The summed E-state index contributed by atoms with van der Waals surface area (Å²) in [5.41, 5.74) is 1.21. The second kappa shape index (κ2) is 6.51. The lowest BCUT2D eigenvalue weighted by Crippen LogP contribution is -2.39. The largest absolute Gasteiger partial charge is 0.449 e. The highest BCUT2D eigenvalue weighted by Gasteiger charge is 2.39. The molecular formula is C16H19F3N6O. The molecule has 2 aliphatic rings. The van der Waals surface area contributed by atoms with Crippen molar-refractivity contribution >= 4 is 5.95 Å². The molecule has 0 radical (unpaired) electrons. The van der Waals surface area contributed by atoms with Crippen LogP contribution >= 0.6 is 0 Å². The van der Waals surface area contributed by atoms with Crippen LogP contribution in [-0.4, -0.2) is 50.4 Å². The molecule has 0 amide bonds. The third kappa shape index (κ3) is 3.14. The standard InChI is InChI=1S/C16H19F3N6O/c17-16(18,19)14-23-13(12-8-20-3-5-25(12)14)10-6-21-15(22-7-10)24-4-1-2-11(26)9-24/h6-7,11,20,26H,1-5,8-9H2. The van der Waals surface area contributed by atoms with Gasteiger partial charge < -0.3 is 19.9 Å². The number of nitrogens with one attached hydrogen (secondary N) is 1. The van der Waals surface area contributed by atoms with Gasteiger partial charge in [-0.3, -0.25) is 0 Å². The molecule has 1 saturated heterocycles. The van der Waals surface area contributed by atoms with E-state index in [1.807, 2.05) is 4.90 Å². The van der Waals surface area contributed by atoms with Gasteiger partial charge in [-0.1, -0.05) is 0 Å². The van der Waals surface area contributed by atoms with E-state index in [4.69, 9.17) is 0 Å². The molecule has 0 spiro atoms. The van der Waals surface area contributed by atoms with Crippen LogP contribution in [0.25, 0.3) is 11.3 Å². The molecule has 2 aromatic rings. The van der Waals surface area contributed by atoms with Crippen LogP contribution in [0.1, 0.15) is 24.4 Å². The van der Waals surface area contributed by atoms with Crippen molar-refractivity contribution in [2.24, 2.45) is 0 Å². The van der Waals surface area contributed by atoms with E-state index in [9.17, 15) is 18.3 Å². The Kier molecular flexibility index (Phi) is 4.31. The molecule has 7 nitrogen and oxygen atoms in total. The number of hydrogen-bond acceptors (Lipinski definition) is 6. The van der Waals surface area contributed by atoms with E-state index >= 15 is 0 Å². The summed E-state index contributed by atoms with van der Waals surface area (Å²) in [5.74, 6) is -0.415. The van der Waals surface area contributed by atoms with E-state index in [0.717, 1.165) is 19.4 Å². The number of halogens is 3. The van der Waals surface area contributed by atoms with Gasteiger partial charge in [0.25, 0.3) is 0 Å². The lowest BCUT2D eigenvalue weighted by atomic mass is 10.1. The molecule has 10 heteroatoms. The van der Waals surface area contributed by atoms with Crippen LogP contribution in [0.4, 0.5) is 19.1 Å². The Bertz CT molecular complexity index is 789. The molecule has 2 aromatic heterocycles. The molecule has 0 bridgehead atoms. The third-order valence-electron chi connectivity index (χ3n) is 4.72. The van der Waals surface area contributed by atoms with E-state index in [1.54, 1.807) is 0 Å². The molecule has 2 aliphatic heterocycles. The number of anilines is 1. The number of piperidine rings is 1. The van der Waals surface area contributed by atoms with Crippen molar-refractivity contribution in [3.63, 3.8) is 0 Å². The van der Waals surface area contributed by atoms with Gasteiger partial charge in [-0.05, 0) is 12.8 Å². The molecule has 26 heavy (non-hydrogen) atoms. The number of β-amino-alcohol motifs (C(OH)–C–C–N with tert-alkyl or cyclic N) is 1. The first-order valence-corrected chi connectivity index (χ1v) is 8.56. The topological polar surface area (TPSA) is 79.1 Å². The number of aliphatic hydroxyl groups excluding tert-OH is 1. The fourth-order valence-electron chi connectivity index (χ4n) is 3.49. The van der Waals surface area contributed by atoms with Gasteiger partial charge in [-0.15, -0.1) is 0 Å². The highest BCUT2D eigenvalue weighted by molar-refractivity contribution is 5.61. The fourth-order valence-corrected chi connectivity index (χ4v) is 3.49. The van der Waals surface area contributed by atoms with E-state index in [2.05, 4.69) is 20.3 Å². The Balaban J connectivity index is 1.66. The van der Waals surface area contributed by atoms with Crippen molar-refractivity contribution in [2.45, 2.75) is 38.2 Å². The molecule has 1 fully saturated rings. The van der Waals surface area contributed by atoms with Gasteiger partial charge in [0.05, 0.1) is 17.5 Å². The smallest absolute Gasteiger partial charge is 0.391 e. The number of aromatic nitrogens is 4. The molecule has 0 saturated carbocycles. The number of rotatable bonds is 2. The number of hydrogen-bond donors (Lipinski definition) is 2. The maximum absolute atomic E-state index is 13.3. The van der Waals surface area contributed by atoms with Crippen molar-refractivity contribution in [2.75, 3.05) is 24.5 Å². The summed E-state index contributed by atoms with van der Waals surface area (Å²) in [6.45, 7) is 2.22. The van der Waals surface area contributed by atoms with Gasteiger partial charge in [0.15, 0.2) is 0 Å². The zero-order valence-corrected chi connectivity index (χ0v) is 14.0. The van der Waals surface area contributed by atoms with Gasteiger partial charge in [-0.2, -0.15) is 13.2 Å². The minimum Gasteiger partial charge on any atom is -0.391 e. The summed E-state index contributed by atoms with van der Waals surface area (Å²) in [7, 11) is 0. The van der Waals surface area contributed by atoms with Gasteiger partial charge in [-0.25, -0.2) is 15.0 Å². The summed E-state index contributed by atoms with van der Waals surface area (Å²) < 4.78 is 41.1. The van der Waals surface area contributed by atoms with Gasteiger partial charge >= 0.3 is 6.18 Å². The van der Waals surface area contributed by atoms with Crippen molar-refractivity contribution in [3.05, 3.63) is 23.9 Å². The third-order valence-corrected chi connectivity index (χ3v) is 4.72. The first-order valence-electron chi connectivity index (χ1n) is 8.56. The van der Waals surface area contributed by atoms with Crippen molar-refractivity contribution in [1.29, 1.82) is 0 Å². The minimum atomic E-state index is -4.50. The molecule has 140 valence electrons. The van der Waals surface area contributed by atoms with Crippen molar-refractivity contribution < 1.29 is 18.3 Å². The Labute approximate surface area is 147 Å². The quantitative estimate of drug-likeness (QED) is 0.835. The summed E-state index contributed by atoms with van der Waals surface area (Å²) in [4.78, 5) is 14.3. The second-order valence-corrected chi connectivity index (χ2v) is 6.57. The van der Waals surface area contributed by atoms with Gasteiger partial charge in [0, 0.05) is 50.7 Å². The molecule has 4 rings (SSSR count). The highest BCUT2D eigenvalue weighted by Crippen LogP contribution is 2.34. The number of fused-ring (bicyclic) bond motifs is 1. The normalized spacial score (nSPS) is 20.9. The number of imidazole rings is 1. The summed E-state index contributed by atoms with van der Waals surface area (Å²) in [6.07, 6.45) is -0.311. The average Bonchev–Trinajstić information content (AvgIpc) is 3.02. The number of alkyl halides is 3. The van der Waals surface area contributed by atoms with E-state index in [1.165, 1.54) is 17.0 Å². The zero-order chi connectivity index (χ0) is 18.3. The first-order chi connectivity index (χ1) is 12.4. The molecule has 0 aromatic carbocycles. The molecule has 0 aliphatic carbocycles. The van der Waals surface area contributed by atoms with Crippen molar-refractivity contribution in [3.8, 4) is 11.3 Å². The zero-order valence-electron chi connectivity index (χ0n) is 14.0. The predicted molar refractivity (Wildman–Crippen MR) is 87.4 cm³/mol. The Morgan fingerprint density at radius 3 is 2.65 bits per heavy atom. The summed E-state index contributed by atoms with van der Waals surface area (Å²) >= 11 is 0. The molecule has 1 atom stereocenters. The lowest BCUT2D eigenvalue weighted by Gasteiger charge is -2.29. The van der Waals surface area contributed by atoms with Gasteiger partial charge in [0.2, 0.25) is 11.8 Å².